The molecular formula is C58H103NO18. The Morgan fingerprint density at radius 1 is 0.468 bits per heavy atom. The molecule has 3 rings (SSSR count). The lowest BCUT2D eigenvalue weighted by Crippen LogP contribution is -2.66. The smallest absolute Gasteiger partial charge is 0.220 e. The molecule has 448 valence electrons. The molecule has 17 atom stereocenters. The monoisotopic (exact) mass is 1100 g/mol. The lowest BCUT2D eigenvalue weighted by Gasteiger charge is -2.48. The minimum atomic E-state index is -1.98. The third kappa shape index (κ3) is 26.0. The molecule has 0 radical (unpaired) electrons. The first-order valence-electron chi connectivity index (χ1n) is 29.4. The molecule has 12 N–H and O–H groups in total. The number of nitrogens with one attached hydrogen (secondary N) is 1. The van der Waals surface area contributed by atoms with Crippen LogP contribution in [0.4, 0.5) is 0 Å². The average Bonchev–Trinajstić information content (AvgIpc) is 3.43. The Morgan fingerprint density at radius 3 is 1.36 bits per heavy atom. The van der Waals surface area contributed by atoms with Crippen LogP contribution in [-0.2, 0) is 33.2 Å². The Bertz CT molecular complexity index is 1600. The molecule has 0 bridgehead atoms. The summed E-state index contributed by atoms with van der Waals surface area (Å²) in [5.74, 6) is -0.290. The van der Waals surface area contributed by atoms with Gasteiger partial charge in [-0.2, -0.15) is 0 Å². The van der Waals surface area contributed by atoms with E-state index in [1.807, 2.05) is 6.92 Å². The predicted molar refractivity (Wildman–Crippen MR) is 291 cm³/mol. The predicted octanol–water partition coefficient (Wildman–Crippen LogP) is 4.70. The van der Waals surface area contributed by atoms with Crippen LogP contribution >= 0.6 is 0 Å². The van der Waals surface area contributed by atoms with E-state index < -0.39 is 124 Å². The molecule has 0 aromatic rings. The Morgan fingerprint density at radius 2 is 0.883 bits per heavy atom. The van der Waals surface area contributed by atoms with Crippen molar-refractivity contribution in [2.75, 3.05) is 26.4 Å². The van der Waals surface area contributed by atoms with Crippen LogP contribution in [0.2, 0.25) is 0 Å². The van der Waals surface area contributed by atoms with E-state index in [9.17, 15) is 61.0 Å². The summed E-state index contributed by atoms with van der Waals surface area (Å²) in [5.41, 5.74) is 0. The Kier molecular flexibility index (Phi) is 37.4. The molecule has 0 aromatic heterocycles. The van der Waals surface area contributed by atoms with Gasteiger partial charge < -0.3 is 89.9 Å². The Hall–Kier alpha value is -2.25. The second-order valence-corrected chi connectivity index (χ2v) is 21.1. The highest BCUT2D eigenvalue weighted by molar-refractivity contribution is 5.76. The third-order valence-electron chi connectivity index (χ3n) is 14.6. The maximum absolute atomic E-state index is 13.1. The summed E-state index contributed by atoms with van der Waals surface area (Å²) in [6, 6.07) is -0.969. The minimum absolute atomic E-state index is 0.238. The third-order valence-corrected chi connectivity index (χ3v) is 14.6. The summed E-state index contributed by atoms with van der Waals surface area (Å²) in [7, 11) is 0. The molecule has 0 saturated carbocycles. The number of hydrogen-bond donors (Lipinski definition) is 12. The molecule has 17 unspecified atom stereocenters. The fourth-order valence-corrected chi connectivity index (χ4v) is 9.73. The molecule has 3 heterocycles. The van der Waals surface area contributed by atoms with Gasteiger partial charge in [-0.15, -0.1) is 0 Å². The van der Waals surface area contributed by atoms with Crippen LogP contribution in [0.5, 0.6) is 0 Å². The van der Waals surface area contributed by atoms with E-state index in [0.717, 1.165) is 38.5 Å². The molecule has 3 fully saturated rings. The molecular weight excluding hydrogens is 999 g/mol. The highest BCUT2D eigenvalue weighted by Crippen LogP contribution is 2.33. The first-order valence-corrected chi connectivity index (χ1v) is 29.4. The van der Waals surface area contributed by atoms with Crippen LogP contribution in [0.15, 0.2) is 48.6 Å². The van der Waals surface area contributed by atoms with Gasteiger partial charge in [-0.05, 0) is 51.4 Å². The van der Waals surface area contributed by atoms with Crippen molar-refractivity contribution >= 4 is 5.91 Å². The van der Waals surface area contributed by atoms with E-state index in [0.29, 0.717) is 12.8 Å². The van der Waals surface area contributed by atoms with Crippen molar-refractivity contribution in [2.24, 2.45) is 0 Å². The molecule has 0 aliphatic carbocycles. The zero-order chi connectivity index (χ0) is 56.2. The van der Waals surface area contributed by atoms with Gasteiger partial charge in [0.25, 0.3) is 0 Å². The number of unbranched alkanes of at least 4 members (excludes halogenated alkanes) is 20. The van der Waals surface area contributed by atoms with Crippen LogP contribution in [0.3, 0.4) is 0 Å². The van der Waals surface area contributed by atoms with Crippen molar-refractivity contribution < 1.29 is 89.4 Å². The topological polar surface area (TPSA) is 307 Å². The fourth-order valence-electron chi connectivity index (χ4n) is 9.73. The van der Waals surface area contributed by atoms with Gasteiger partial charge >= 0.3 is 0 Å². The maximum atomic E-state index is 13.1. The summed E-state index contributed by atoms with van der Waals surface area (Å²) in [6.07, 6.45) is 19.6. The van der Waals surface area contributed by atoms with Gasteiger partial charge in [-0.1, -0.05) is 172 Å². The van der Waals surface area contributed by atoms with Crippen molar-refractivity contribution in [3.05, 3.63) is 48.6 Å². The average molecular weight is 1100 g/mol. The normalized spacial score (nSPS) is 31.1. The number of carbonyl (C=O) groups is 1. The first-order chi connectivity index (χ1) is 37.3. The lowest BCUT2D eigenvalue weighted by molar-refractivity contribution is -0.379. The number of amides is 1. The molecule has 0 aromatic carbocycles. The van der Waals surface area contributed by atoms with Crippen molar-refractivity contribution in [3.63, 3.8) is 0 Å². The van der Waals surface area contributed by atoms with Gasteiger partial charge in [0.2, 0.25) is 5.91 Å². The summed E-state index contributed by atoms with van der Waals surface area (Å²) < 4.78 is 33.9. The van der Waals surface area contributed by atoms with Gasteiger partial charge in [-0.3, -0.25) is 4.79 Å². The van der Waals surface area contributed by atoms with Crippen molar-refractivity contribution in [3.8, 4) is 0 Å². The number of aliphatic hydroxyl groups excluding tert-OH is 11. The van der Waals surface area contributed by atoms with E-state index in [2.05, 4.69) is 48.7 Å². The molecule has 1 amide bonds. The molecule has 3 aliphatic heterocycles. The molecule has 19 nitrogen and oxygen atoms in total. The molecule has 0 spiro atoms. The van der Waals surface area contributed by atoms with E-state index in [4.69, 9.17) is 28.4 Å². The van der Waals surface area contributed by atoms with Gasteiger partial charge in [0.1, 0.15) is 73.2 Å². The maximum Gasteiger partial charge on any atom is 0.220 e. The van der Waals surface area contributed by atoms with Crippen molar-refractivity contribution in [1.82, 2.24) is 5.32 Å². The number of allylic oxidation sites excluding steroid dienone is 7. The number of hydrogen-bond acceptors (Lipinski definition) is 18. The minimum Gasteiger partial charge on any atom is -0.394 e. The highest BCUT2D eigenvalue weighted by atomic mass is 16.8. The number of aliphatic hydroxyl groups is 11. The van der Waals surface area contributed by atoms with Crippen LogP contribution in [0.25, 0.3) is 0 Å². The summed E-state index contributed by atoms with van der Waals surface area (Å²) >= 11 is 0. The van der Waals surface area contributed by atoms with E-state index >= 15 is 0 Å². The molecule has 19 heteroatoms. The van der Waals surface area contributed by atoms with Crippen molar-refractivity contribution in [1.29, 1.82) is 0 Å². The number of rotatable bonds is 42. The van der Waals surface area contributed by atoms with E-state index in [1.54, 1.807) is 12.2 Å². The van der Waals surface area contributed by atoms with Crippen molar-refractivity contribution in [2.45, 2.75) is 285 Å². The van der Waals surface area contributed by atoms with Gasteiger partial charge in [-0.25, -0.2) is 0 Å². The highest BCUT2D eigenvalue weighted by Gasteiger charge is 2.53. The van der Waals surface area contributed by atoms with E-state index in [-0.39, 0.29) is 18.9 Å². The second kappa shape index (κ2) is 41.7. The quantitative estimate of drug-likeness (QED) is 0.0291. The second-order valence-electron chi connectivity index (χ2n) is 21.1. The SMILES string of the molecule is CCC/C=C/C(O)C(COC1OC(CO)C(OC2OC(CO)C(OC3OC(CO)C(O)C(O)C3O)C(O)C2O)C(O)C1O)NC(=O)CCCCCCCCCCCCCCCC/C=C\C/C=C\C/C=C\CCCCCCC. The summed E-state index contributed by atoms with van der Waals surface area (Å²) in [5, 5.41) is 119. The van der Waals surface area contributed by atoms with Gasteiger partial charge in [0, 0.05) is 6.42 Å². The first kappa shape index (κ1) is 69.0. The molecule has 77 heavy (non-hydrogen) atoms. The van der Waals surface area contributed by atoms with Gasteiger partial charge in [0.15, 0.2) is 18.9 Å². The van der Waals surface area contributed by atoms with Gasteiger partial charge in [0.05, 0.1) is 38.6 Å². The zero-order valence-corrected chi connectivity index (χ0v) is 46.4. The number of carbonyl (C=O) groups excluding carboxylic acids is 1. The zero-order valence-electron chi connectivity index (χ0n) is 46.4. The van der Waals surface area contributed by atoms with Crippen LogP contribution in [0.1, 0.15) is 181 Å². The van der Waals surface area contributed by atoms with Crippen LogP contribution in [0, 0.1) is 0 Å². The standard InChI is InChI=1S/C58H103NO18/c1-3-5-7-8-9-10-11-12-13-14-15-16-17-18-19-20-21-22-23-24-25-26-27-28-29-30-31-32-34-36-46(64)59-41(42(63)35-33-6-4-2)40-72-56-52(70)49(67)54(44(38-61)74-56)77-58-53(71)50(68)55(45(39-62)75-58)76-57-51(69)48(66)47(65)43(37-60)73-57/h11-12,14-15,17-18,33,35,41-45,47-58,60-63,65-71H,3-10,13,16,19-32,34,36-40H2,1-2H3,(H,59,64)/b12-11-,15-14-,18-17-,35-33+. The largest absolute Gasteiger partial charge is 0.394 e. The van der Waals surface area contributed by atoms with Crippen LogP contribution < -0.4 is 5.32 Å². The Labute approximate surface area is 459 Å². The van der Waals surface area contributed by atoms with Crippen LogP contribution in [-0.4, -0.2) is 193 Å². The fraction of sp³-hybridized carbons (Fsp3) is 0.845. The molecule has 3 aliphatic rings. The van der Waals surface area contributed by atoms with E-state index in [1.165, 1.54) is 109 Å². The number of ether oxygens (including phenoxy) is 6. The summed E-state index contributed by atoms with van der Waals surface area (Å²) in [4.78, 5) is 13.1. The Balaban J connectivity index is 1.31. The molecule has 3 saturated heterocycles. The summed E-state index contributed by atoms with van der Waals surface area (Å²) in [6.45, 7) is 1.46. The lowest BCUT2D eigenvalue weighted by atomic mass is 9.96.